The van der Waals surface area contributed by atoms with Crippen molar-refractivity contribution in [2.75, 3.05) is 25.1 Å². The van der Waals surface area contributed by atoms with Gasteiger partial charge in [0.1, 0.15) is 0 Å². The van der Waals surface area contributed by atoms with Crippen molar-refractivity contribution < 1.29 is 9.53 Å². The van der Waals surface area contributed by atoms with E-state index in [1.807, 2.05) is 17.5 Å². The van der Waals surface area contributed by atoms with Crippen LogP contribution in [0.1, 0.15) is 4.88 Å². The van der Waals surface area contributed by atoms with Crippen molar-refractivity contribution in [1.29, 1.82) is 0 Å². The maximum absolute atomic E-state index is 11.4. The molecule has 0 bridgehead atoms. The highest BCUT2D eigenvalue weighted by molar-refractivity contribution is 9.09. The number of amides is 1. The van der Waals surface area contributed by atoms with Crippen LogP contribution in [-0.2, 0) is 16.0 Å². The second-order valence-electron chi connectivity index (χ2n) is 2.91. The molecule has 1 rings (SSSR count). The Labute approximate surface area is 102 Å². The summed E-state index contributed by atoms with van der Waals surface area (Å²) in [5.41, 5.74) is 0. The molecule has 0 unspecified atom stereocenters. The summed E-state index contributed by atoms with van der Waals surface area (Å²) in [4.78, 5) is 12.5. The molecule has 15 heavy (non-hydrogen) atoms. The topological polar surface area (TPSA) is 38.3 Å². The van der Waals surface area contributed by atoms with Gasteiger partial charge in [0.25, 0.3) is 0 Å². The van der Waals surface area contributed by atoms with Gasteiger partial charge < -0.3 is 10.1 Å². The smallest absolute Gasteiger partial charge is 0.225 e. The average Bonchev–Trinajstić information content (AvgIpc) is 2.70. The molecule has 1 heterocycles. The highest BCUT2D eigenvalue weighted by atomic mass is 79.9. The van der Waals surface area contributed by atoms with Gasteiger partial charge in [-0.3, -0.25) is 4.79 Å². The summed E-state index contributed by atoms with van der Waals surface area (Å²) >= 11 is 4.86. The van der Waals surface area contributed by atoms with Crippen molar-refractivity contribution in [3.63, 3.8) is 0 Å². The van der Waals surface area contributed by atoms with E-state index >= 15 is 0 Å². The summed E-state index contributed by atoms with van der Waals surface area (Å²) in [6.07, 6.45) is 0.468. The van der Waals surface area contributed by atoms with Gasteiger partial charge in [0.15, 0.2) is 0 Å². The number of rotatable bonds is 7. The third-order valence-corrected chi connectivity index (χ3v) is 2.91. The van der Waals surface area contributed by atoms with E-state index in [9.17, 15) is 4.79 Å². The van der Waals surface area contributed by atoms with Crippen LogP contribution in [0.25, 0.3) is 0 Å². The molecule has 0 saturated carbocycles. The Bertz CT molecular complexity index is 277. The molecule has 0 aliphatic carbocycles. The van der Waals surface area contributed by atoms with Crippen LogP contribution in [0.15, 0.2) is 17.5 Å². The van der Waals surface area contributed by atoms with E-state index in [1.54, 1.807) is 11.3 Å². The Morgan fingerprint density at radius 1 is 1.53 bits per heavy atom. The van der Waals surface area contributed by atoms with Gasteiger partial charge in [-0.2, -0.15) is 0 Å². The molecule has 0 aromatic carbocycles. The highest BCUT2D eigenvalue weighted by Gasteiger charge is 2.02. The fourth-order valence-electron chi connectivity index (χ4n) is 1.05. The monoisotopic (exact) mass is 291 g/mol. The number of carbonyl (C=O) groups excluding carboxylic acids is 1. The maximum atomic E-state index is 11.4. The van der Waals surface area contributed by atoms with Crippen LogP contribution in [0, 0.1) is 0 Å². The van der Waals surface area contributed by atoms with E-state index in [0.717, 1.165) is 10.2 Å². The first-order chi connectivity index (χ1) is 7.33. The van der Waals surface area contributed by atoms with Gasteiger partial charge in [-0.25, -0.2) is 0 Å². The normalized spacial score (nSPS) is 10.2. The van der Waals surface area contributed by atoms with Crippen LogP contribution >= 0.6 is 27.3 Å². The van der Waals surface area contributed by atoms with Crippen molar-refractivity contribution in [3.05, 3.63) is 22.4 Å². The van der Waals surface area contributed by atoms with E-state index in [4.69, 9.17) is 4.74 Å². The standard InChI is InChI=1S/C10H14BrNO2S/c11-3-5-14-6-4-12-10(13)8-9-2-1-7-15-9/h1-2,7H,3-6,8H2,(H,12,13). The Hall–Kier alpha value is -0.390. The molecular weight excluding hydrogens is 278 g/mol. The van der Waals surface area contributed by atoms with Gasteiger partial charge >= 0.3 is 0 Å². The van der Waals surface area contributed by atoms with Gasteiger partial charge in [-0.1, -0.05) is 22.0 Å². The molecule has 1 N–H and O–H groups in total. The van der Waals surface area contributed by atoms with Gasteiger partial charge in [0.2, 0.25) is 5.91 Å². The lowest BCUT2D eigenvalue weighted by Gasteiger charge is -2.04. The predicted octanol–water partition coefficient (Wildman–Crippen LogP) is 1.82. The van der Waals surface area contributed by atoms with E-state index < -0.39 is 0 Å². The predicted molar refractivity (Wildman–Crippen MR) is 65.6 cm³/mol. The molecule has 0 aliphatic heterocycles. The lowest BCUT2D eigenvalue weighted by Crippen LogP contribution is -2.28. The lowest BCUT2D eigenvalue weighted by molar-refractivity contribution is -0.120. The number of nitrogens with one attached hydrogen (secondary N) is 1. The number of thiophene rings is 1. The first-order valence-electron chi connectivity index (χ1n) is 4.75. The summed E-state index contributed by atoms with van der Waals surface area (Å²) in [6, 6.07) is 3.91. The summed E-state index contributed by atoms with van der Waals surface area (Å²) in [6.45, 7) is 1.83. The lowest BCUT2D eigenvalue weighted by atomic mass is 10.3. The third-order valence-electron chi connectivity index (χ3n) is 1.70. The van der Waals surface area contributed by atoms with Gasteiger partial charge in [-0.15, -0.1) is 11.3 Å². The zero-order valence-corrected chi connectivity index (χ0v) is 10.8. The summed E-state index contributed by atoms with van der Waals surface area (Å²) in [5.74, 6) is 0.0555. The Kier molecular flexibility index (Phi) is 6.63. The molecule has 0 fully saturated rings. The molecule has 0 radical (unpaired) electrons. The van der Waals surface area contributed by atoms with Crippen LogP contribution in [0.5, 0.6) is 0 Å². The molecular formula is C10H14BrNO2S. The zero-order chi connectivity index (χ0) is 10.9. The van der Waals surface area contributed by atoms with Gasteiger partial charge in [0, 0.05) is 16.8 Å². The second-order valence-corrected chi connectivity index (χ2v) is 4.73. The first kappa shape index (κ1) is 12.7. The highest BCUT2D eigenvalue weighted by Crippen LogP contribution is 2.08. The molecule has 1 aromatic rings. The van der Waals surface area contributed by atoms with Crippen molar-refractivity contribution in [1.82, 2.24) is 5.32 Å². The molecule has 0 saturated heterocycles. The summed E-state index contributed by atoms with van der Waals surface area (Å²) in [5, 5.41) is 5.61. The van der Waals surface area contributed by atoms with Gasteiger partial charge in [0.05, 0.1) is 19.6 Å². The number of halogens is 1. The largest absolute Gasteiger partial charge is 0.379 e. The Balaban J connectivity index is 2.04. The quantitative estimate of drug-likeness (QED) is 0.615. The van der Waals surface area contributed by atoms with E-state index in [1.165, 1.54) is 0 Å². The molecule has 1 amide bonds. The molecule has 3 nitrogen and oxygen atoms in total. The minimum atomic E-state index is 0.0555. The van der Waals surface area contributed by atoms with Crippen molar-refractivity contribution in [2.45, 2.75) is 6.42 Å². The summed E-state index contributed by atoms with van der Waals surface area (Å²) < 4.78 is 5.21. The molecule has 0 atom stereocenters. The number of carbonyl (C=O) groups is 1. The van der Waals surface area contributed by atoms with Crippen LogP contribution in [-0.4, -0.2) is 31.0 Å². The molecule has 1 aromatic heterocycles. The number of alkyl halides is 1. The fraction of sp³-hybridized carbons (Fsp3) is 0.500. The zero-order valence-electron chi connectivity index (χ0n) is 8.37. The minimum Gasteiger partial charge on any atom is -0.379 e. The van der Waals surface area contributed by atoms with Crippen LogP contribution in [0.3, 0.4) is 0 Å². The SMILES string of the molecule is O=C(Cc1cccs1)NCCOCCBr. The van der Waals surface area contributed by atoms with Crippen LogP contribution in [0.2, 0.25) is 0 Å². The van der Waals surface area contributed by atoms with Crippen molar-refractivity contribution in [3.8, 4) is 0 Å². The van der Waals surface area contributed by atoms with E-state index in [0.29, 0.717) is 26.2 Å². The second kappa shape index (κ2) is 7.84. The summed E-state index contributed by atoms with van der Waals surface area (Å²) in [7, 11) is 0. The Morgan fingerprint density at radius 2 is 2.40 bits per heavy atom. The number of hydrogen-bond acceptors (Lipinski definition) is 3. The molecule has 0 spiro atoms. The van der Waals surface area contributed by atoms with Crippen LogP contribution < -0.4 is 5.32 Å². The third kappa shape index (κ3) is 5.92. The van der Waals surface area contributed by atoms with E-state index in [-0.39, 0.29) is 5.91 Å². The van der Waals surface area contributed by atoms with Gasteiger partial charge in [-0.05, 0) is 11.4 Å². The van der Waals surface area contributed by atoms with Crippen LogP contribution in [0.4, 0.5) is 0 Å². The molecule has 5 heteroatoms. The minimum absolute atomic E-state index is 0.0555. The average molecular weight is 292 g/mol. The first-order valence-corrected chi connectivity index (χ1v) is 6.76. The molecule has 84 valence electrons. The molecule has 0 aliphatic rings. The van der Waals surface area contributed by atoms with Crippen molar-refractivity contribution >= 4 is 33.2 Å². The maximum Gasteiger partial charge on any atom is 0.225 e. The number of ether oxygens (including phenoxy) is 1. The Morgan fingerprint density at radius 3 is 3.07 bits per heavy atom. The number of hydrogen-bond donors (Lipinski definition) is 1. The fourth-order valence-corrected chi connectivity index (χ4v) is 1.99. The van der Waals surface area contributed by atoms with Crippen molar-refractivity contribution in [2.24, 2.45) is 0 Å². The van der Waals surface area contributed by atoms with E-state index in [2.05, 4.69) is 21.2 Å².